The van der Waals surface area contributed by atoms with Gasteiger partial charge in [0, 0.05) is 5.39 Å². The number of carbonyl (C=O) groups excluding carboxylic acids is 1. The predicted molar refractivity (Wildman–Crippen MR) is 114 cm³/mol. The summed E-state index contributed by atoms with van der Waals surface area (Å²) in [6, 6.07) is 11.8. The molecule has 0 unspecified atom stereocenters. The molecule has 35 heavy (non-hydrogen) atoms. The minimum Gasteiger partial charge on any atom is -0.484 e. The molecular weight excluding hydrogens is 476 g/mol. The van der Waals surface area contributed by atoms with Gasteiger partial charge in [0.1, 0.15) is 17.7 Å². The van der Waals surface area contributed by atoms with Crippen molar-refractivity contribution >= 4 is 16.8 Å². The zero-order valence-corrected chi connectivity index (χ0v) is 18.0. The third kappa shape index (κ3) is 5.23. The van der Waals surface area contributed by atoms with E-state index in [-0.39, 0.29) is 11.3 Å². The summed E-state index contributed by atoms with van der Waals surface area (Å²) >= 11 is 0. The molecular formula is C24H17F6N3O2. The molecule has 4 rings (SSSR count). The SMILES string of the molecule is C[C@H](NC(=O)C(F)(F)F)[C@@H](Oc1ccc2c(cnn2-c2ccc(F)cc2)c1)c1ccc(F)c(F)c1. The number of halogens is 6. The zero-order chi connectivity index (χ0) is 25.3. The van der Waals surface area contributed by atoms with Gasteiger partial charge in [0.05, 0.1) is 23.4 Å². The van der Waals surface area contributed by atoms with Crippen LogP contribution < -0.4 is 10.1 Å². The summed E-state index contributed by atoms with van der Waals surface area (Å²) in [5.74, 6) is -4.79. The molecule has 2 atom stereocenters. The number of aromatic nitrogens is 2. The fourth-order valence-corrected chi connectivity index (χ4v) is 3.53. The van der Waals surface area contributed by atoms with E-state index in [4.69, 9.17) is 4.74 Å². The second-order valence-corrected chi connectivity index (χ2v) is 7.73. The zero-order valence-electron chi connectivity index (χ0n) is 18.0. The molecule has 11 heteroatoms. The van der Waals surface area contributed by atoms with Crippen molar-refractivity contribution in [3.63, 3.8) is 0 Å². The molecule has 3 aromatic carbocycles. The molecule has 1 amide bonds. The Kier molecular flexibility index (Phi) is 6.42. The highest BCUT2D eigenvalue weighted by Gasteiger charge is 2.40. The van der Waals surface area contributed by atoms with Gasteiger partial charge in [-0.15, -0.1) is 0 Å². The van der Waals surface area contributed by atoms with Crippen LogP contribution in [0.4, 0.5) is 26.3 Å². The second kappa shape index (κ2) is 9.32. The molecule has 5 nitrogen and oxygen atoms in total. The van der Waals surface area contributed by atoms with Gasteiger partial charge in [0.25, 0.3) is 0 Å². The topological polar surface area (TPSA) is 56.1 Å². The summed E-state index contributed by atoms with van der Waals surface area (Å²) in [4.78, 5) is 11.5. The first kappa shape index (κ1) is 24.1. The first-order valence-electron chi connectivity index (χ1n) is 10.3. The van der Waals surface area contributed by atoms with Gasteiger partial charge >= 0.3 is 12.1 Å². The second-order valence-electron chi connectivity index (χ2n) is 7.73. The van der Waals surface area contributed by atoms with Crippen molar-refractivity contribution in [2.24, 2.45) is 0 Å². The van der Waals surface area contributed by atoms with E-state index in [0.717, 1.165) is 18.2 Å². The van der Waals surface area contributed by atoms with E-state index in [1.807, 2.05) is 0 Å². The number of carbonyl (C=O) groups is 1. The fraction of sp³-hybridized carbons (Fsp3) is 0.167. The summed E-state index contributed by atoms with van der Waals surface area (Å²) in [5, 5.41) is 6.64. The van der Waals surface area contributed by atoms with Gasteiger partial charge in [0.15, 0.2) is 11.6 Å². The molecule has 0 saturated heterocycles. The Morgan fingerprint density at radius 2 is 1.69 bits per heavy atom. The molecule has 1 heterocycles. The highest BCUT2D eigenvalue weighted by atomic mass is 19.4. The van der Waals surface area contributed by atoms with Crippen molar-refractivity contribution in [1.29, 1.82) is 0 Å². The maximum Gasteiger partial charge on any atom is 0.471 e. The van der Waals surface area contributed by atoms with Gasteiger partial charge < -0.3 is 10.1 Å². The Bertz CT molecular complexity index is 1370. The average molecular weight is 493 g/mol. The van der Waals surface area contributed by atoms with Gasteiger partial charge in [-0.3, -0.25) is 4.79 Å². The van der Waals surface area contributed by atoms with Crippen LogP contribution in [0.3, 0.4) is 0 Å². The predicted octanol–water partition coefficient (Wildman–Crippen LogP) is 5.63. The summed E-state index contributed by atoms with van der Waals surface area (Å²) in [7, 11) is 0. The number of rotatable bonds is 6. The summed E-state index contributed by atoms with van der Waals surface area (Å²) in [5.41, 5.74) is 1.24. The smallest absolute Gasteiger partial charge is 0.471 e. The average Bonchev–Trinajstić information content (AvgIpc) is 3.22. The summed E-state index contributed by atoms with van der Waals surface area (Å²) in [6.07, 6.45) is -4.92. The maximum absolute atomic E-state index is 13.9. The number of nitrogens with zero attached hydrogens (tertiary/aromatic N) is 2. The Hall–Kier alpha value is -4.02. The molecule has 1 aromatic heterocycles. The molecule has 0 aliphatic heterocycles. The molecule has 0 fully saturated rings. The fourth-order valence-electron chi connectivity index (χ4n) is 3.53. The molecule has 0 bridgehead atoms. The lowest BCUT2D eigenvalue weighted by Gasteiger charge is -2.27. The summed E-state index contributed by atoms with van der Waals surface area (Å²) < 4.78 is 86.2. The molecule has 0 saturated carbocycles. The van der Waals surface area contributed by atoms with Crippen LogP contribution in [0.2, 0.25) is 0 Å². The lowest BCUT2D eigenvalue weighted by Crippen LogP contribution is -2.45. The van der Waals surface area contributed by atoms with Crippen LogP contribution in [0.15, 0.2) is 66.9 Å². The van der Waals surface area contributed by atoms with Crippen LogP contribution in [0.1, 0.15) is 18.6 Å². The molecule has 4 aromatic rings. The number of hydrogen-bond donors (Lipinski definition) is 1. The van der Waals surface area contributed by atoms with Crippen molar-refractivity contribution in [3.05, 3.63) is 89.9 Å². The molecule has 0 aliphatic carbocycles. The van der Waals surface area contributed by atoms with E-state index >= 15 is 0 Å². The largest absolute Gasteiger partial charge is 0.484 e. The Morgan fingerprint density at radius 3 is 2.34 bits per heavy atom. The van der Waals surface area contributed by atoms with Crippen molar-refractivity contribution in [2.45, 2.75) is 25.2 Å². The van der Waals surface area contributed by atoms with Gasteiger partial charge in [0.2, 0.25) is 0 Å². The number of ether oxygens (including phenoxy) is 1. The first-order valence-corrected chi connectivity index (χ1v) is 10.3. The van der Waals surface area contributed by atoms with E-state index in [0.29, 0.717) is 16.6 Å². The third-order valence-electron chi connectivity index (χ3n) is 5.22. The number of nitrogens with one attached hydrogen (secondary N) is 1. The lowest BCUT2D eigenvalue weighted by molar-refractivity contribution is -0.174. The van der Waals surface area contributed by atoms with Crippen LogP contribution >= 0.6 is 0 Å². The van der Waals surface area contributed by atoms with Crippen molar-refractivity contribution in [3.8, 4) is 11.4 Å². The highest BCUT2D eigenvalue weighted by molar-refractivity contribution is 5.82. The minimum atomic E-state index is -5.14. The Morgan fingerprint density at radius 1 is 0.971 bits per heavy atom. The number of fused-ring (bicyclic) bond motifs is 1. The van der Waals surface area contributed by atoms with Crippen molar-refractivity contribution in [1.82, 2.24) is 15.1 Å². The number of hydrogen-bond acceptors (Lipinski definition) is 3. The Balaban J connectivity index is 1.66. The van der Waals surface area contributed by atoms with Gasteiger partial charge in [-0.1, -0.05) is 6.07 Å². The molecule has 1 N–H and O–H groups in total. The monoisotopic (exact) mass is 493 g/mol. The van der Waals surface area contributed by atoms with Gasteiger partial charge in [-0.2, -0.15) is 18.3 Å². The van der Waals surface area contributed by atoms with Crippen molar-refractivity contribution < 1.29 is 35.9 Å². The minimum absolute atomic E-state index is 0.0148. The molecule has 0 radical (unpaired) electrons. The number of alkyl halides is 3. The van der Waals surface area contributed by atoms with Crippen LogP contribution in [-0.4, -0.2) is 27.9 Å². The first-order chi connectivity index (χ1) is 16.5. The molecule has 0 spiro atoms. The molecule has 0 aliphatic rings. The number of amides is 1. The van der Waals surface area contributed by atoms with E-state index in [1.54, 1.807) is 22.1 Å². The van der Waals surface area contributed by atoms with E-state index in [9.17, 15) is 31.1 Å². The van der Waals surface area contributed by atoms with Crippen LogP contribution in [-0.2, 0) is 4.79 Å². The van der Waals surface area contributed by atoms with E-state index < -0.39 is 41.7 Å². The van der Waals surface area contributed by atoms with Crippen LogP contribution in [0.25, 0.3) is 16.6 Å². The molecule has 182 valence electrons. The summed E-state index contributed by atoms with van der Waals surface area (Å²) in [6.45, 7) is 1.25. The van der Waals surface area contributed by atoms with Crippen LogP contribution in [0, 0.1) is 17.5 Å². The van der Waals surface area contributed by atoms with Crippen molar-refractivity contribution in [2.75, 3.05) is 0 Å². The third-order valence-corrected chi connectivity index (χ3v) is 5.22. The maximum atomic E-state index is 13.9. The van der Waals surface area contributed by atoms with E-state index in [1.165, 1.54) is 43.5 Å². The van der Waals surface area contributed by atoms with E-state index in [2.05, 4.69) is 5.10 Å². The van der Waals surface area contributed by atoms with Gasteiger partial charge in [-0.25, -0.2) is 17.9 Å². The standard InChI is InChI=1S/C24H17F6N3O2/c1-13(32-23(34)24(28,29)30)22(14-2-8-19(26)20(27)11-14)35-18-7-9-21-15(10-18)12-31-33(21)17-5-3-16(25)4-6-17/h2-13,22H,1H3,(H,32,34)/t13-,22+/m0/s1. The number of benzene rings is 3. The normalized spacial score (nSPS) is 13.5. The highest BCUT2D eigenvalue weighted by Crippen LogP contribution is 2.30. The van der Waals surface area contributed by atoms with Gasteiger partial charge in [-0.05, 0) is 67.1 Å². The quantitative estimate of drug-likeness (QED) is 0.355. The van der Waals surface area contributed by atoms with Crippen LogP contribution in [0.5, 0.6) is 5.75 Å². The lowest BCUT2D eigenvalue weighted by atomic mass is 10.0. The Labute approximate surface area is 194 Å².